The second kappa shape index (κ2) is 7.19. The van der Waals surface area contributed by atoms with Crippen LogP contribution in [0.5, 0.6) is 11.5 Å². The van der Waals surface area contributed by atoms with Crippen LogP contribution in [-0.2, 0) is 4.79 Å². The lowest BCUT2D eigenvalue weighted by atomic mass is 10.1. The fraction of sp³-hybridized carbons (Fsp3) is 0.333. The third kappa shape index (κ3) is 3.51. The molecular weight excluding hydrogens is 256 g/mol. The van der Waals surface area contributed by atoms with Crippen LogP contribution in [0.2, 0.25) is 0 Å². The van der Waals surface area contributed by atoms with Crippen molar-refractivity contribution in [2.45, 2.75) is 13.8 Å². The zero-order chi connectivity index (χ0) is 15.1. The number of phenols is 1. The number of benzene rings is 1. The van der Waals surface area contributed by atoms with Crippen LogP contribution < -0.4 is 4.74 Å². The van der Waals surface area contributed by atoms with Gasteiger partial charge in [0.2, 0.25) is 0 Å². The lowest BCUT2D eigenvalue weighted by molar-refractivity contribution is -0.126. The Hall–Kier alpha value is -2.48. The summed E-state index contributed by atoms with van der Waals surface area (Å²) in [4.78, 5) is 13.7. The number of likely N-dealkylation sites (N-methyl/N-ethyl adjacent to an activating group) is 1. The molecule has 1 aromatic rings. The van der Waals surface area contributed by atoms with Crippen LogP contribution in [0.3, 0.4) is 0 Å². The quantitative estimate of drug-likeness (QED) is 0.659. The molecule has 1 N–H and O–H groups in total. The van der Waals surface area contributed by atoms with Crippen LogP contribution in [-0.4, -0.2) is 36.1 Å². The fourth-order valence-electron chi connectivity index (χ4n) is 1.77. The average molecular weight is 274 g/mol. The van der Waals surface area contributed by atoms with Crippen molar-refractivity contribution in [3.05, 3.63) is 29.3 Å². The number of nitrogens with zero attached hydrogens (tertiary/aromatic N) is 2. The normalized spacial score (nSPS) is 10.8. The Morgan fingerprint density at radius 2 is 2.10 bits per heavy atom. The summed E-state index contributed by atoms with van der Waals surface area (Å²) in [5, 5.41) is 18.6. The number of ether oxygens (including phenoxy) is 1. The van der Waals surface area contributed by atoms with Crippen molar-refractivity contribution >= 4 is 12.0 Å². The van der Waals surface area contributed by atoms with Crippen molar-refractivity contribution in [2.75, 3.05) is 20.2 Å². The maximum atomic E-state index is 12.1. The van der Waals surface area contributed by atoms with E-state index in [0.717, 1.165) is 0 Å². The van der Waals surface area contributed by atoms with Gasteiger partial charge in [-0.25, -0.2) is 0 Å². The van der Waals surface area contributed by atoms with E-state index in [1.807, 2.05) is 19.9 Å². The number of nitriles is 1. The first-order chi connectivity index (χ1) is 9.57. The van der Waals surface area contributed by atoms with E-state index in [0.29, 0.717) is 24.4 Å². The molecule has 0 aliphatic heterocycles. The molecule has 0 fully saturated rings. The number of amides is 1. The molecular formula is C15H18N2O3. The molecule has 0 saturated carbocycles. The molecule has 0 saturated heterocycles. The first-order valence-electron chi connectivity index (χ1n) is 6.35. The van der Waals surface area contributed by atoms with E-state index < -0.39 is 0 Å². The van der Waals surface area contributed by atoms with Crippen LogP contribution in [0.25, 0.3) is 6.08 Å². The van der Waals surface area contributed by atoms with Crippen molar-refractivity contribution in [3.63, 3.8) is 0 Å². The summed E-state index contributed by atoms with van der Waals surface area (Å²) in [6.45, 7) is 4.82. The highest BCUT2D eigenvalue weighted by Gasteiger charge is 2.15. The van der Waals surface area contributed by atoms with Crippen molar-refractivity contribution < 1.29 is 14.6 Å². The summed E-state index contributed by atoms with van der Waals surface area (Å²) in [5.41, 5.74) is 0.679. The minimum Gasteiger partial charge on any atom is -0.504 e. The number of hydrogen-bond donors (Lipinski definition) is 1. The smallest absolute Gasteiger partial charge is 0.264 e. The van der Waals surface area contributed by atoms with Crippen molar-refractivity contribution in [3.8, 4) is 17.6 Å². The summed E-state index contributed by atoms with van der Waals surface area (Å²) >= 11 is 0. The molecule has 0 aliphatic carbocycles. The largest absolute Gasteiger partial charge is 0.504 e. The summed E-state index contributed by atoms with van der Waals surface area (Å²) in [7, 11) is 1.44. The molecule has 5 nitrogen and oxygen atoms in total. The molecule has 0 atom stereocenters. The monoisotopic (exact) mass is 274 g/mol. The third-order valence-corrected chi connectivity index (χ3v) is 2.92. The standard InChI is InChI=1S/C15H18N2O3/c1-4-17(5-2)15(19)12(10-16)8-11-6-7-13(18)14(9-11)20-3/h6-9,18H,4-5H2,1-3H3/b12-8-. The average Bonchev–Trinajstić information content (AvgIpc) is 2.47. The molecule has 0 radical (unpaired) electrons. The molecule has 1 rings (SSSR count). The van der Waals surface area contributed by atoms with Crippen LogP contribution >= 0.6 is 0 Å². The molecule has 0 bridgehead atoms. The number of rotatable bonds is 5. The highest BCUT2D eigenvalue weighted by molar-refractivity contribution is 6.01. The number of carbonyl (C=O) groups is 1. The highest BCUT2D eigenvalue weighted by atomic mass is 16.5. The molecule has 0 heterocycles. The summed E-state index contributed by atoms with van der Waals surface area (Å²) in [6.07, 6.45) is 1.49. The van der Waals surface area contributed by atoms with Gasteiger partial charge in [0.1, 0.15) is 11.6 Å². The molecule has 0 unspecified atom stereocenters. The van der Waals surface area contributed by atoms with Crippen molar-refractivity contribution in [2.24, 2.45) is 0 Å². The number of aromatic hydroxyl groups is 1. The number of phenolic OH excluding ortho intramolecular Hbond substituents is 1. The minimum atomic E-state index is -0.301. The van der Waals surface area contributed by atoms with E-state index in [1.54, 1.807) is 17.0 Å². The van der Waals surface area contributed by atoms with Gasteiger partial charge < -0.3 is 14.7 Å². The van der Waals surface area contributed by atoms with E-state index in [4.69, 9.17) is 10.00 Å². The molecule has 0 spiro atoms. The molecule has 20 heavy (non-hydrogen) atoms. The van der Waals surface area contributed by atoms with Gasteiger partial charge in [0.25, 0.3) is 5.91 Å². The van der Waals surface area contributed by atoms with Gasteiger partial charge in [0.15, 0.2) is 11.5 Å². The summed E-state index contributed by atoms with van der Waals surface area (Å²) in [6, 6.07) is 6.57. The Balaban J connectivity index is 3.12. The molecule has 106 valence electrons. The van der Waals surface area contributed by atoms with Gasteiger partial charge in [0.05, 0.1) is 7.11 Å². The van der Waals surface area contributed by atoms with Crippen LogP contribution in [0.1, 0.15) is 19.4 Å². The Morgan fingerprint density at radius 1 is 1.45 bits per heavy atom. The zero-order valence-electron chi connectivity index (χ0n) is 11.9. The minimum absolute atomic E-state index is 0.0122. The van der Waals surface area contributed by atoms with Gasteiger partial charge in [-0.3, -0.25) is 4.79 Å². The molecule has 0 aromatic heterocycles. The second-order valence-electron chi connectivity index (χ2n) is 4.08. The van der Waals surface area contributed by atoms with E-state index in [1.165, 1.54) is 19.3 Å². The lowest BCUT2D eigenvalue weighted by Gasteiger charge is -2.17. The molecule has 5 heteroatoms. The van der Waals surface area contributed by atoms with E-state index in [2.05, 4.69) is 0 Å². The van der Waals surface area contributed by atoms with Gasteiger partial charge in [-0.2, -0.15) is 5.26 Å². The van der Waals surface area contributed by atoms with Crippen molar-refractivity contribution in [1.82, 2.24) is 4.90 Å². The van der Waals surface area contributed by atoms with Gasteiger partial charge >= 0.3 is 0 Å². The van der Waals surface area contributed by atoms with E-state index in [-0.39, 0.29) is 17.2 Å². The van der Waals surface area contributed by atoms with Crippen LogP contribution in [0, 0.1) is 11.3 Å². The first-order valence-corrected chi connectivity index (χ1v) is 6.35. The maximum Gasteiger partial charge on any atom is 0.264 e. The molecule has 0 aliphatic rings. The number of carbonyl (C=O) groups excluding carboxylic acids is 1. The Kier molecular flexibility index (Phi) is 5.60. The number of methoxy groups -OCH3 is 1. The molecule has 1 aromatic carbocycles. The van der Waals surface area contributed by atoms with E-state index >= 15 is 0 Å². The Labute approximate surface area is 118 Å². The van der Waals surface area contributed by atoms with E-state index in [9.17, 15) is 9.90 Å². The van der Waals surface area contributed by atoms with Crippen molar-refractivity contribution in [1.29, 1.82) is 5.26 Å². The summed E-state index contributed by atoms with van der Waals surface area (Å²) in [5.74, 6) is 0.00842. The topological polar surface area (TPSA) is 73.6 Å². The first kappa shape index (κ1) is 15.6. The Bertz CT molecular complexity index is 555. The number of hydrogen-bond acceptors (Lipinski definition) is 4. The predicted molar refractivity (Wildman–Crippen MR) is 76.2 cm³/mol. The SMILES string of the molecule is CCN(CC)C(=O)/C(C#N)=C\c1ccc(O)c(OC)c1. The Morgan fingerprint density at radius 3 is 2.60 bits per heavy atom. The third-order valence-electron chi connectivity index (χ3n) is 2.92. The maximum absolute atomic E-state index is 12.1. The highest BCUT2D eigenvalue weighted by Crippen LogP contribution is 2.27. The zero-order valence-corrected chi connectivity index (χ0v) is 11.9. The second-order valence-corrected chi connectivity index (χ2v) is 4.08. The fourth-order valence-corrected chi connectivity index (χ4v) is 1.77. The van der Waals surface area contributed by atoms with Gasteiger partial charge in [-0.05, 0) is 37.6 Å². The van der Waals surface area contributed by atoms with Gasteiger partial charge in [-0.15, -0.1) is 0 Å². The lowest BCUT2D eigenvalue weighted by Crippen LogP contribution is -2.31. The van der Waals surface area contributed by atoms with Crippen LogP contribution in [0.4, 0.5) is 0 Å². The van der Waals surface area contributed by atoms with Gasteiger partial charge in [0, 0.05) is 13.1 Å². The van der Waals surface area contributed by atoms with Crippen LogP contribution in [0.15, 0.2) is 23.8 Å². The summed E-state index contributed by atoms with van der Waals surface area (Å²) < 4.78 is 4.99. The molecule has 1 amide bonds. The van der Waals surface area contributed by atoms with Gasteiger partial charge in [-0.1, -0.05) is 6.07 Å². The predicted octanol–water partition coefficient (Wildman–Crippen LogP) is 2.18.